The average Bonchev–Trinajstić information content (AvgIpc) is 2.78. The largest absolute Gasteiger partial charge is 0.384 e. The molecular formula is C14H25N3O2. The van der Waals surface area contributed by atoms with Gasteiger partial charge in [-0.2, -0.15) is 0 Å². The molecule has 0 spiro atoms. The molecule has 0 saturated heterocycles. The molecule has 1 N–H and O–H groups in total. The minimum Gasteiger partial charge on any atom is -0.384 e. The van der Waals surface area contributed by atoms with Gasteiger partial charge in [-0.05, 0) is 38.0 Å². The van der Waals surface area contributed by atoms with Crippen LogP contribution in [0.2, 0.25) is 0 Å². The summed E-state index contributed by atoms with van der Waals surface area (Å²) >= 11 is 0. The fourth-order valence-electron chi connectivity index (χ4n) is 2.95. The molecule has 0 aliphatic heterocycles. The number of nitrogens with zero attached hydrogens (tertiary/aromatic N) is 3. The molecule has 1 aliphatic carbocycles. The predicted octanol–water partition coefficient (Wildman–Crippen LogP) is 2.22. The van der Waals surface area contributed by atoms with Crippen molar-refractivity contribution in [1.82, 2.24) is 15.0 Å². The normalized spacial score (nSPS) is 23.2. The van der Waals surface area contributed by atoms with Crippen LogP contribution in [0.1, 0.15) is 58.3 Å². The van der Waals surface area contributed by atoms with Gasteiger partial charge < -0.3 is 9.84 Å². The Morgan fingerprint density at radius 1 is 1.37 bits per heavy atom. The number of aliphatic hydroxyl groups is 1. The summed E-state index contributed by atoms with van der Waals surface area (Å²) < 4.78 is 7.62. The van der Waals surface area contributed by atoms with E-state index in [0.717, 1.165) is 31.4 Å². The summed E-state index contributed by atoms with van der Waals surface area (Å²) in [6.45, 7) is 7.15. The van der Waals surface area contributed by atoms with E-state index in [4.69, 9.17) is 4.74 Å². The van der Waals surface area contributed by atoms with Gasteiger partial charge in [-0.25, -0.2) is 4.68 Å². The molecule has 19 heavy (non-hydrogen) atoms. The summed E-state index contributed by atoms with van der Waals surface area (Å²) in [5, 5.41) is 18.5. The van der Waals surface area contributed by atoms with Gasteiger partial charge in [-0.15, -0.1) is 5.10 Å². The Morgan fingerprint density at radius 3 is 2.47 bits per heavy atom. The van der Waals surface area contributed by atoms with Crippen molar-refractivity contribution in [3.05, 3.63) is 11.9 Å². The summed E-state index contributed by atoms with van der Waals surface area (Å²) in [6.07, 6.45) is 4.85. The molecule has 1 saturated carbocycles. The van der Waals surface area contributed by atoms with E-state index in [2.05, 4.69) is 24.2 Å². The molecule has 0 aromatic carbocycles. The molecule has 1 aromatic heterocycles. The van der Waals surface area contributed by atoms with Gasteiger partial charge in [0.05, 0.1) is 17.5 Å². The first-order chi connectivity index (χ1) is 8.90. The minimum atomic E-state index is -0.663. The van der Waals surface area contributed by atoms with E-state index in [9.17, 15) is 5.11 Å². The highest BCUT2D eigenvalue weighted by Gasteiger charge is 2.45. The molecule has 0 radical (unpaired) electrons. The number of hydrogen-bond acceptors (Lipinski definition) is 4. The Labute approximate surface area is 115 Å². The van der Waals surface area contributed by atoms with Crippen molar-refractivity contribution in [2.75, 3.05) is 6.61 Å². The number of aromatic nitrogens is 3. The van der Waals surface area contributed by atoms with Crippen LogP contribution < -0.4 is 0 Å². The van der Waals surface area contributed by atoms with Crippen molar-refractivity contribution in [3.63, 3.8) is 0 Å². The molecule has 5 heteroatoms. The predicted molar refractivity (Wildman–Crippen MR) is 72.6 cm³/mol. The van der Waals surface area contributed by atoms with Crippen molar-refractivity contribution in [1.29, 1.82) is 0 Å². The third kappa shape index (κ3) is 2.82. The molecule has 0 bridgehead atoms. The third-order valence-corrected chi connectivity index (χ3v) is 4.41. The lowest BCUT2D eigenvalue weighted by molar-refractivity contribution is -0.155. The highest BCUT2D eigenvalue weighted by Crippen LogP contribution is 2.47. The first-order valence-corrected chi connectivity index (χ1v) is 7.07. The quantitative estimate of drug-likeness (QED) is 0.908. The SMILES string of the molecule is CCOC1(C(O)c2cnnn2C)CCC(C)(C)CC1. The number of hydrogen-bond donors (Lipinski definition) is 1. The maximum Gasteiger partial charge on any atom is 0.126 e. The lowest BCUT2D eigenvalue weighted by Gasteiger charge is -2.45. The Kier molecular flexibility index (Phi) is 3.97. The third-order valence-electron chi connectivity index (χ3n) is 4.41. The molecule has 2 rings (SSSR count). The summed E-state index contributed by atoms with van der Waals surface area (Å²) in [7, 11) is 1.80. The van der Waals surface area contributed by atoms with Gasteiger partial charge in [0.2, 0.25) is 0 Å². The Hall–Kier alpha value is -0.940. The zero-order valence-corrected chi connectivity index (χ0v) is 12.4. The van der Waals surface area contributed by atoms with E-state index in [1.807, 2.05) is 6.92 Å². The summed E-state index contributed by atoms with van der Waals surface area (Å²) in [6, 6.07) is 0. The number of rotatable bonds is 4. The van der Waals surface area contributed by atoms with Gasteiger partial charge in [0.1, 0.15) is 6.10 Å². The molecule has 108 valence electrons. The van der Waals surface area contributed by atoms with Crippen molar-refractivity contribution in [3.8, 4) is 0 Å². The smallest absolute Gasteiger partial charge is 0.126 e. The van der Waals surface area contributed by atoms with Crippen LogP contribution in [0, 0.1) is 5.41 Å². The fourth-order valence-corrected chi connectivity index (χ4v) is 2.95. The van der Waals surface area contributed by atoms with Crippen molar-refractivity contribution in [2.45, 2.75) is 58.2 Å². The second-order valence-electron chi connectivity index (χ2n) is 6.35. The van der Waals surface area contributed by atoms with Crippen molar-refractivity contribution >= 4 is 0 Å². The van der Waals surface area contributed by atoms with Crippen LogP contribution in [0.4, 0.5) is 0 Å². The average molecular weight is 267 g/mol. The van der Waals surface area contributed by atoms with Gasteiger partial charge in [0.25, 0.3) is 0 Å². The van der Waals surface area contributed by atoms with Crippen LogP contribution in [0.15, 0.2) is 6.20 Å². The van der Waals surface area contributed by atoms with E-state index >= 15 is 0 Å². The first kappa shape index (κ1) is 14.5. The number of ether oxygens (including phenoxy) is 1. The Bertz CT molecular complexity index is 418. The highest BCUT2D eigenvalue weighted by atomic mass is 16.5. The minimum absolute atomic E-state index is 0.338. The fraction of sp³-hybridized carbons (Fsp3) is 0.857. The zero-order valence-electron chi connectivity index (χ0n) is 12.4. The molecule has 1 fully saturated rings. The second kappa shape index (κ2) is 5.21. The van der Waals surface area contributed by atoms with E-state index in [1.165, 1.54) is 0 Å². The van der Waals surface area contributed by atoms with Crippen molar-refractivity contribution in [2.24, 2.45) is 12.5 Å². The van der Waals surface area contributed by atoms with Gasteiger partial charge >= 0.3 is 0 Å². The van der Waals surface area contributed by atoms with Gasteiger partial charge in [0.15, 0.2) is 0 Å². The highest BCUT2D eigenvalue weighted by molar-refractivity contribution is 5.09. The molecule has 5 nitrogen and oxygen atoms in total. The van der Waals surface area contributed by atoms with Crippen molar-refractivity contribution < 1.29 is 9.84 Å². The van der Waals surface area contributed by atoms with Gasteiger partial charge in [-0.1, -0.05) is 19.1 Å². The molecular weight excluding hydrogens is 242 g/mol. The van der Waals surface area contributed by atoms with Crippen LogP contribution in [-0.4, -0.2) is 32.3 Å². The number of aliphatic hydroxyl groups excluding tert-OH is 1. The summed E-state index contributed by atoms with van der Waals surface area (Å²) in [4.78, 5) is 0. The Balaban J connectivity index is 2.23. The van der Waals surface area contributed by atoms with Crippen LogP contribution in [0.5, 0.6) is 0 Å². The Morgan fingerprint density at radius 2 is 2.00 bits per heavy atom. The molecule has 1 heterocycles. The van der Waals surface area contributed by atoms with E-state index in [1.54, 1.807) is 17.9 Å². The molecule has 0 amide bonds. The van der Waals surface area contributed by atoms with Gasteiger partial charge in [0, 0.05) is 13.7 Å². The van der Waals surface area contributed by atoms with E-state index in [-0.39, 0.29) is 0 Å². The lowest BCUT2D eigenvalue weighted by Crippen LogP contribution is -2.45. The molecule has 1 aromatic rings. The van der Waals surface area contributed by atoms with E-state index in [0.29, 0.717) is 12.0 Å². The number of aryl methyl sites for hydroxylation is 1. The van der Waals surface area contributed by atoms with Crippen LogP contribution in [0.25, 0.3) is 0 Å². The van der Waals surface area contributed by atoms with Crippen LogP contribution in [-0.2, 0) is 11.8 Å². The van der Waals surface area contributed by atoms with E-state index < -0.39 is 11.7 Å². The van der Waals surface area contributed by atoms with Gasteiger partial charge in [-0.3, -0.25) is 0 Å². The molecule has 1 unspecified atom stereocenters. The zero-order chi connectivity index (χ0) is 14.1. The molecule has 1 atom stereocenters. The van der Waals surface area contributed by atoms with Crippen LogP contribution in [0.3, 0.4) is 0 Å². The maximum absolute atomic E-state index is 10.7. The first-order valence-electron chi connectivity index (χ1n) is 7.07. The topological polar surface area (TPSA) is 60.2 Å². The standard InChI is InChI=1S/C14H25N3O2/c1-5-19-14(8-6-13(2,3)7-9-14)12(18)11-10-15-16-17(11)4/h10,12,18H,5-9H2,1-4H3. The summed E-state index contributed by atoms with van der Waals surface area (Å²) in [5.74, 6) is 0. The lowest BCUT2D eigenvalue weighted by atomic mass is 9.68. The van der Waals surface area contributed by atoms with Crippen LogP contribution >= 0.6 is 0 Å². The summed E-state index contributed by atoms with van der Waals surface area (Å²) in [5.41, 5.74) is 0.582. The second-order valence-corrected chi connectivity index (χ2v) is 6.35. The molecule has 1 aliphatic rings. The monoisotopic (exact) mass is 267 g/mol. The maximum atomic E-state index is 10.7.